The van der Waals surface area contributed by atoms with Crippen LogP contribution >= 0.6 is 0 Å². The van der Waals surface area contributed by atoms with E-state index in [2.05, 4.69) is 20.1 Å². The zero-order valence-electron chi connectivity index (χ0n) is 19.4. The van der Waals surface area contributed by atoms with Gasteiger partial charge in [-0.15, -0.1) is 0 Å². The first-order valence-electron chi connectivity index (χ1n) is 11.4. The molecule has 0 radical (unpaired) electrons. The molecule has 1 fully saturated rings. The molecule has 9 nitrogen and oxygen atoms in total. The molecule has 1 saturated carbocycles. The molecule has 3 aromatic rings. The van der Waals surface area contributed by atoms with Crippen molar-refractivity contribution >= 4 is 17.7 Å². The number of aromatic nitrogens is 3. The van der Waals surface area contributed by atoms with Gasteiger partial charge >= 0.3 is 5.97 Å². The van der Waals surface area contributed by atoms with Crippen LogP contribution < -0.4 is 15.6 Å². The van der Waals surface area contributed by atoms with Crippen LogP contribution in [0.5, 0.6) is 11.5 Å². The molecule has 1 aromatic carbocycles. The molecule has 4 rings (SSSR count). The van der Waals surface area contributed by atoms with Gasteiger partial charge in [-0.05, 0) is 36.6 Å². The molecule has 11 heteroatoms. The largest absolute Gasteiger partial charge is 0.465 e. The van der Waals surface area contributed by atoms with Crippen molar-refractivity contribution in [3.8, 4) is 11.5 Å². The molecule has 188 valence electrons. The number of halogens is 2. The summed E-state index contributed by atoms with van der Waals surface area (Å²) in [6.45, 7) is 0. The fourth-order valence-electron chi connectivity index (χ4n) is 4.18. The third kappa shape index (κ3) is 5.73. The number of anilines is 1. The van der Waals surface area contributed by atoms with Crippen molar-refractivity contribution in [1.82, 2.24) is 14.8 Å². The number of carbonyl (C=O) groups is 2. The lowest BCUT2D eigenvalue weighted by Crippen LogP contribution is -2.36. The maximum Gasteiger partial charge on any atom is 0.339 e. The minimum Gasteiger partial charge on any atom is -0.465 e. The summed E-state index contributed by atoms with van der Waals surface area (Å²) in [6, 6.07) is 6.23. The zero-order valence-corrected chi connectivity index (χ0v) is 19.4. The Balaban J connectivity index is 1.57. The van der Waals surface area contributed by atoms with Crippen LogP contribution in [-0.4, -0.2) is 33.8 Å². The average molecular weight is 498 g/mol. The molecule has 2 aromatic heterocycles. The van der Waals surface area contributed by atoms with Crippen LogP contribution in [0.25, 0.3) is 0 Å². The van der Waals surface area contributed by atoms with Gasteiger partial charge in [0.05, 0.1) is 18.9 Å². The number of nitrogens with one attached hydrogen (secondary N) is 1. The number of hydrogen-bond donors (Lipinski definition) is 1. The molecule has 0 aliphatic heterocycles. The minimum atomic E-state index is -0.957. The lowest BCUT2D eigenvalue weighted by atomic mass is 9.98. The van der Waals surface area contributed by atoms with Gasteiger partial charge in [0.25, 0.3) is 11.5 Å². The van der Waals surface area contributed by atoms with E-state index >= 15 is 0 Å². The molecule has 1 N–H and O–H groups in total. The lowest BCUT2D eigenvalue weighted by Gasteiger charge is -2.21. The highest BCUT2D eigenvalue weighted by Crippen LogP contribution is 2.32. The first kappa shape index (κ1) is 25.0. The minimum absolute atomic E-state index is 0.166. The Hall–Kier alpha value is -4.15. The number of methoxy groups -OCH3 is 1. The Bertz CT molecular complexity index is 1290. The van der Waals surface area contributed by atoms with Gasteiger partial charge in [0.15, 0.2) is 23.1 Å². The maximum atomic E-state index is 13.9. The SMILES string of the molecule is COC(=O)c1ccc(NC(=O)[C@H](CC2CCCC2)n2ncc(Oc3c(F)cccc3F)cc2=O)nc1. The average Bonchev–Trinajstić information content (AvgIpc) is 3.38. The summed E-state index contributed by atoms with van der Waals surface area (Å²) in [7, 11) is 1.25. The topological polar surface area (TPSA) is 112 Å². The molecule has 0 spiro atoms. The van der Waals surface area contributed by atoms with Gasteiger partial charge in [0.2, 0.25) is 0 Å². The first-order chi connectivity index (χ1) is 17.4. The Kier molecular flexibility index (Phi) is 7.67. The second-order valence-electron chi connectivity index (χ2n) is 8.44. The molecular formula is C25H24F2N4O5. The van der Waals surface area contributed by atoms with Crippen molar-refractivity contribution in [2.24, 2.45) is 5.92 Å². The van der Waals surface area contributed by atoms with Crippen LogP contribution in [0, 0.1) is 17.6 Å². The van der Waals surface area contributed by atoms with Crippen LogP contribution in [0.2, 0.25) is 0 Å². The van der Waals surface area contributed by atoms with Crippen molar-refractivity contribution in [2.75, 3.05) is 12.4 Å². The lowest BCUT2D eigenvalue weighted by molar-refractivity contribution is -0.120. The normalized spacial score (nSPS) is 14.3. The highest BCUT2D eigenvalue weighted by molar-refractivity contribution is 5.93. The summed E-state index contributed by atoms with van der Waals surface area (Å²) >= 11 is 0. The van der Waals surface area contributed by atoms with E-state index in [4.69, 9.17) is 4.74 Å². The summed E-state index contributed by atoms with van der Waals surface area (Å²) < 4.78 is 38.7. The van der Waals surface area contributed by atoms with E-state index in [-0.39, 0.29) is 23.0 Å². The molecule has 1 amide bonds. The predicted molar refractivity (Wildman–Crippen MR) is 125 cm³/mol. The number of pyridine rings is 1. The van der Waals surface area contributed by atoms with Gasteiger partial charge in [-0.2, -0.15) is 5.10 Å². The summed E-state index contributed by atoms with van der Waals surface area (Å²) in [5.41, 5.74) is -0.450. The molecular weight excluding hydrogens is 474 g/mol. The van der Waals surface area contributed by atoms with Crippen LogP contribution in [-0.2, 0) is 9.53 Å². The van der Waals surface area contributed by atoms with Gasteiger partial charge < -0.3 is 14.8 Å². The Morgan fingerprint density at radius 1 is 1.14 bits per heavy atom. The number of hydrogen-bond acceptors (Lipinski definition) is 7. The summed E-state index contributed by atoms with van der Waals surface area (Å²) in [5, 5.41) is 6.74. The highest BCUT2D eigenvalue weighted by atomic mass is 19.1. The Labute approximate surface area is 205 Å². The smallest absolute Gasteiger partial charge is 0.339 e. The molecule has 1 aliphatic rings. The number of ether oxygens (including phenoxy) is 2. The second-order valence-corrected chi connectivity index (χ2v) is 8.44. The molecule has 0 unspecified atom stereocenters. The van der Waals surface area contributed by atoms with Crippen molar-refractivity contribution < 1.29 is 27.8 Å². The van der Waals surface area contributed by atoms with Crippen molar-refractivity contribution in [2.45, 2.75) is 38.1 Å². The monoisotopic (exact) mass is 498 g/mol. The van der Waals surface area contributed by atoms with E-state index in [0.717, 1.165) is 54.8 Å². The van der Waals surface area contributed by atoms with Crippen LogP contribution in [0.1, 0.15) is 48.5 Å². The number of carbonyl (C=O) groups excluding carboxylic acids is 2. The third-order valence-electron chi connectivity index (χ3n) is 6.00. The highest BCUT2D eigenvalue weighted by Gasteiger charge is 2.29. The molecule has 0 saturated heterocycles. The molecule has 0 bridgehead atoms. The second kappa shape index (κ2) is 11.1. The number of rotatable bonds is 8. The van der Waals surface area contributed by atoms with E-state index in [1.165, 1.54) is 31.5 Å². The van der Waals surface area contributed by atoms with E-state index in [1.54, 1.807) is 0 Å². The zero-order chi connectivity index (χ0) is 25.7. The predicted octanol–water partition coefficient (Wildman–Crippen LogP) is 4.26. The quantitative estimate of drug-likeness (QED) is 0.462. The van der Waals surface area contributed by atoms with Gasteiger partial charge in [0, 0.05) is 12.3 Å². The van der Waals surface area contributed by atoms with Gasteiger partial charge in [-0.25, -0.2) is 23.2 Å². The maximum absolute atomic E-state index is 13.9. The van der Waals surface area contributed by atoms with Gasteiger partial charge in [0.1, 0.15) is 11.9 Å². The Morgan fingerprint density at radius 2 is 1.86 bits per heavy atom. The van der Waals surface area contributed by atoms with Crippen LogP contribution in [0.4, 0.5) is 14.6 Å². The number of benzene rings is 1. The molecule has 1 aliphatic carbocycles. The van der Waals surface area contributed by atoms with E-state index in [1.807, 2.05) is 0 Å². The number of amides is 1. The fraction of sp³-hybridized carbons (Fsp3) is 0.320. The number of esters is 1. The summed E-state index contributed by atoms with van der Waals surface area (Å²) in [4.78, 5) is 41.8. The van der Waals surface area contributed by atoms with E-state index in [0.29, 0.717) is 6.42 Å². The molecule has 1 atom stereocenters. The van der Waals surface area contributed by atoms with Crippen molar-refractivity contribution in [3.05, 3.63) is 76.3 Å². The number of nitrogens with zero attached hydrogens (tertiary/aromatic N) is 3. The summed E-state index contributed by atoms with van der Waals surface area (Å²) in [6.07, 6.45) is 6.72. The summed E-state index contributed by atoms with van der Waals surface area (Å²) in [5.74, 6) is -3.33. The van der Waals surface area contributed by atoms with Crippen LogP contribution in [0.3, 0.4) is 0 Å². The van der Waals surface area contributed by atoms with Crippen LogP contribution in [0.15, 0.2) is 53.6 Å². The van der Waals surface area contributed by atoms with E-state index in [9.17, 15) is 23.2 Å². The van der Waals surface area contributed by atoms with Gasteiger partial charge in [-0.1, -0.05) is 31.7 Å². The standard InChI is InChI=1S/C25H24F2N4O5/c1-35-25(34)16-9-10-21(28-13-16)30-24(33)20(11-15-5-2-3-6-15)31-22(32)12-17(14-29-31)36-23-18(26)7-4-8-19(23)27/h4,7-10,12-15,20H,2-3,5-6,11H2,1H3,(H,28,30,33)/t20-/m0/s1. The van der Waals surface area contributed by atoms with Gasteiger partial charge in [-0.3, -0.25) is 9.59 Å². The van der Waals surface area contributed by atoms with E-state index < -0.39 is 40.9 Å². The van der Waals surface area contributed by atoms with Crippen molar-refractivity contribution in [3.63, 3.8) is 0 Å². The molecule has 2 heterocycles. The van der Waals surface area contributed by atoms with Crippen molar-refractivity contribution in [1.29, 1.82) is 0 Å². The number of para-hydroxylation sites is 1. The Morgan fingerprint density at radius 3 is 2.47 bits per heavy atom. The fourth-order valence-corrected chi connectivity index (χ4v) is 4.18. The molecule has 36 heavy (non-hydrogen) atoms. The third-order valence-corrected chi connectivity index (χ3v) is 6.00. The first-order valence-corrected chi connectivity index (χ1v) is 11.4.